The molecule has 0 heterocycles. The third kappa shape index (κ3) is 9.15. The summed E-state index contributed by atoms with van der Waals surface area (Å²) >= 11 is 0. The van der Waals surface area contributed by atoms with Crippen LogP contribution in [-0.2, 0) is 18.7 Å². The summed E-state index contributed by atoms with van der Waals surface area (Å²) < 4.78 is 16.0. The molecule has 0 saturated heterocycles. The van der Waals surface area contributed by atoms with Crippen LogP contribution in [0.2, 0.25) is 19.1 Å². The van der Waals surface area contributed by atoms with Gasteiger partial charge in [0.25, 0.3) is 0 Å². The van der Waals surface area contributed by atoms with Gasteiger partial charge in [-0.1, -0.05) is 6.92 Å². The molecule has 0 spiro atoms. The van der Waals surface area contributed by atoms with E-state index in [4.69, 9.17) is 19.0 Å². The van der Waals surface area contributed by atoms with Crippen molar-refractivity contribution in [2.45, 2.75) is 58.0 Å². The molecule has 0 amide bonds. The number of hydrogen-bond acceptors (Lipinski definition) is 5. The van der Waals surface area contributed by atoms with Crippen LogP contribution in [0.5, 0.6) is 0 Å². The topological polar surface area (TPSA) is 65.0 Å². The van der Waals surface area contributed by atoms with Gasteiger partial charge in [0.2, 0.25) is 0 Å². The summed E-state index contributed by atoms with van der Waals surface area (Å²) in [5.41, 5.74) is 0. The van der Waals surface area contributed by atoms with Gasteiger partial charge in [-0.05, 0) is 32.5 Å². The molecule has 0 aromatic rings. The summed E-state index contributed by atoms with van der Waals surface area (Å²) in [6.45, 7) is 8.09. The molecule has 6 heteroatoms. The van der Waals surface area contributed by atoms with Gasteiger partial charge in [-0.25, -0.2) is 0 Å². The van der Waals surface area contributed by atoms with E-state index in [0.29, 0.717) is 12.5 Å². The molecule has 0 rings (SSSR count). The normalized spacial score (nSPS) is 15.1. The Bertz CT molecular complexity index is 257. The summed E-state index contributed by atoms with van der Waals surface area (Å²) in [7, 11) is -0.0634. The van der Waals surface area contributed by atoms with Crippen LogP contribution in [0.25, 0.3) is 0 Å². The predicted octanol–water partition coefficient (Wildman–Crippen LogP) is 1.95. The first-order valence-corrected chi connectivity index (χ1v) is 9.93. The standard InChI is InChI=1S/C13H28O5Si/c1-6-11(2)17-10-12(9-14)18-13(15)7-8-19(4,5)16-3/h11-12,14H,6-10H2,1-5H3. The fourth-order valence-electron chi connectivity index (χ4n) is 1.26. The van der Waals surface area contributed by atoms with E-state index < -0.39 is 14.4 Å². The van der Waals surface area contributed by atoms with Crippen molar-refractivity contribution in [1.82, 2.24) is 0 Å². The van der Waals surface area contributed by atoms with Crippen molar-refractivity contribution >= 4 is 14.3 Å². The summed E-state index contributed by atoms with van der Waals surface area (Å²) in [5, 5.41) is 9.16. The van der Waals surface area contributed by atoms with Crippen molar-refractivity contribution in [2.24, 2.45) is 0 Å². The minimum absolute atomic E-state index is 0.104. The first-order valence-electron chi connectivity index (χ1n) is 6.81. The zero-order chi connectivity index (χ0) is 14.9. The molecule has 0 aromatic heterocycles. The zero-order valence-electron chi connectivity index (χ0n) is 12.8. The van der Waals surface area contributed by atoms with Crippen molar-refractivity contribution in [2.75, 3.05) is 20.3 Å². The highest BCUT2D eigenvalue weighted by molar-refractivity contribution is 6.71. The van der Waals surface area contributed by atoms with Gasteiger partial charge in [0, 0.05) is 13.5 Å². The van der Waals surface area contributed by atoms with Crippen molar-refractivity contribution in [3.8, 4) is 0 Å². The van der Waals surface area contributed by atoms with Crippen LogP contribution in [0.4, 0.5) is 0 Å². The summed E-state index contributed by atoms with van der Waals surface area (Å²) in [5.74, 6) is -0.301. The minimum Gasteiger partial charge on any atom is -0.457 e. The van der Waals surface area contributed by atoms with Crippen molar-refractivity contribution < 1.29 is 23.8 Å². The van der Waals surface area contributed by atoms with Gasteiger partial charge in [0.15, 0.2) is 8.32 Å². The smallest absolute Gasteiger partial charge is 0.306 e. The Balaban J connectivity index is 4.00. The molecule has 2 atom stereocenters. The number of rotatable bonds is 10. The molecule has 0 radical (unpaired) electrons. The monoisotopic (exact) mass is 292 g/mol. The van der Waals surface area contributed by atoms with Crippen molar-refractivity contribution in [3.05, 3.63) is 0 Å². The van der Waals surface area contributed by atoms with Crippen LogP contribution in [0, 0.1) is 0 Å². The molecule has 0 bridgehead atoms. The van der Waals surface area contributed by atoms with E-state index in [1.807, 2.05) is 13.8 Å². The van der Waals surface area contributed by atoms with E-state index in [2.05, 4.69) is 13.1 Å². The predicted molar refractivity (Wildman–Crippen MR) is 76.6 cm³/mol. The van der Waals surface area contributed by atoms with Crippen LogP contribution in [0.15, 0.2) is 0 Å². The maximum atomic E-state index is 11.7. The lowest BCUT2D eigenvalue weighted by atomic mass is 10.3. The number of aliphatic hydroxyl groups excluding tert-OH is 1. The molecular weight excluding hydrogens is 264 g/mol. The Hall–Kier alpha value is -0.433. The van der Waals surface area contributed by atoms with E-state index in [0.717, 1.165) is 6.42 Å². The largest absolute Gasteiger partial charge is 0.457 e. The highest BCUT2D eigenvalue weighted by Gasteiger charge is 2.23. The maximum Gasteiger partial charge on any atom is 0.306 e. The Morgan fingerprint density at radius 3 is 2.47 bits per heavy atom. The third-order valence-electron chi connectivity index (χ3n) is 3.13. The number of carbonyl (C=O) groups is 1. The Morgan fingerprint density at radius 2 is 2.00 bits per heavy atom. The fraction of sp³-hybridized carbons (Fsp3) is 0.923. The van der Waals surface area contributed by atoms with Crippen molar-refractivity contribution in [3.63, 3.8) is 0 Å². The zero-order valence-corrected chi connectivity index (χ0v) is 13.8. The lowest BCUT2D eigenvalue weighted by Gasteiger charge is -2.21. The molecule has 0 aliphatic rings. The van der Waals surface area contributed by atoms with Gasteiger partial charge >= 0.3 is 5.97 Å². The van der Waals surface area contributed by atoms with Gasteiger partial charge in [-0.3, -0.25) is 4.79 Å². The quantitative estimate of drug-likeness (QED) is 0.492. The van der Waals surface area contributed by atoms with E-state index in [9.17, 15) is 4.79 Å². The summed E-state index contributed by atoms with van der Waals surface area (Å²) in [6.07, 6.45) is 0.744. The van der Waals surface area contributed by atoms with E-state index in [-0.39, 0.29) is 25.3 Å². The molecule has 2 unspecified atom stereocenters. The molecule has 0 saturated carbocycles. The Kier molecular flexibility index (Phi) is 9.25. The summed E-state index contributed by atoms with van der Waals surface area (Å²) in [4.78, 5) is 11.7. The third-order valence-corrected chi connectivity index (χ3v) is 5.69. The SMILES string of the molecule is CCC(C)OCC(CO)OC(=O)CC[Si](C)(C)OC. The molecule has 0 aromatic carbocycles. The van der Waals surface area contributed by atoms with E-state index >= 15 is 0 Å². The lowest BCUT2D eigenvalue weighted by Crippen LogP contribution is -2.32. The highest BCUT2D eigenvalue weighted by atomic mass is 28.4. The maximum absolute atomic E-state index is 11.7. The number of esters is 1. The first-order chi connectivity index (χ1) is 8.84. The average molecular weight is 292 g/mol. The van der Waals surface area contributed by atoms with Crippen LogP contribution in [-0.4, -0.2) is 51.9 Å². The molecule has 19 heavy (non-hydrogen) atoms. The Morgan fingerprint density at radius 1 is 1.37 bits per heavy atom. The van der Waals surface area contributed by atoms with Gasteiger partial charge in [0.05, 0.1) is 19.3 Å². The first kappa shape index (κ1) is 18.6. The molecular formula is C13H28O5Si. The van der Waals surface area contributed by atoms with Crippen LogP contribution < -0.4 is 0 Å². The van der Waals surface area contributed by atoms with E-state index in [1.54, 1.807) is 7.11 Å². The second-order valence-electron chi connectivity index (χ2n) is 5.31. The molecule has 1 N–H and O–H groups in total. The van der Waals surface area contributed by atoms with Crippen LogP contribution in [0.1, 0.15) is 26.7 Å². The molecule has 0 fully saturated rings. The van der Waals surface area contributed by atoms with Crippen LogP contribution in [0.3, 0.4) is 0 Å². The number of carbonyl (C=O) groups excluding carboxylic acids is 1. The molecule has 0 aliphatic carbocycles. The van der Waals surface area contributed by atoms with Gasteiger partial charge < -0.3 is 19.0 Å². The molecule has 5 nitrogen and oxygen atoms in total. The number of hydrogen-bond donors (Lipinski definition) is 1. The van der Waals surface area contributed by atoms with E-state index in [1.165, 1.54) is 0 Å². The number of aliphatic hydroxyl groups is 1. The van der Waals surface area contributed by atoms with Crippen LogP contribution >= 0.6 is 0 Å². The molecule has 114 valence electrons. The number of ether oxygens (including phenoxy) is 2. The average Bonchev–Trinajstić information content (AvgIpc) is 2.40. The minimum atomic E-state index is -1.74. The van der Waals surface area contributed by atoms with Crippen molar-refractivity contribution in [1.29, 1.82) is 0 Å². The highest BCUT2D eigenvalue weighted by Crippen LogP contribution is 2.13. The second kappa shape index (κ2) is 9.47. The molecule has 0 aliphatic heterocycles. The van der Waals surface area contributed by atoms with Gasteiger partial charge in [-0.15, -0.1) is 0 Å². The Labute approximate surface area is 117 Å². The van der Waals surface area contributed by atoms with Gasteiger partial charge in [-0.2, -0.15) is 0 Å². The fourth-order valence-corrected chi connectivity index (χ4v) is 2.27. The lowest BCUT2D eigenvalue weighted by molar-refractivity contribution is -0.155. The second-order valence-corrected chi connectivity index (χ2v) is 9.74. The summed E-state index contributed by atoms with van der Waals surface area (Å²) in [6, 6.07) is 0.715. The van der Waals surface area contributed by atoms with Gasteiger partial charge in [0.1, 0.15) is 6.10 Å².